The van der Waals surface area contributed by atoms with Crippen molar-refractivity contribution in [3.63, 3.8) is 0 Å². The van der Waals surface area contributed by atoms with Crippen LogP contribution < -0.4 is 15.2 Å². The lowest BCUT2D eigenvalue weighted by Crippen LogP contribution is -2.24. The molecule has 0 spiro atoms. The van der Waals surface area contributed by atoms with Crippen LogP contribution in [0.2, 0.25) is 0 Å². The Morgan fingerprint density at radius 2 is 1.63 bits per heavy atom. The number of nitrogens with two attached hydrogens (primary N) is 1. The van der Waals surface area contributed by atoms with E-state index >= 15 is 4.39 Å². The van der Waals surface area contributed by atoms with E-state index in [4.69, 9.17) is 9.88 Å². The molecule has 0 aliphatic carbocycles. The number of nitrogens with one attached hydrogen (secondary N) is 1. The van der Waals surface area contributed by atoms with Gasteiger partial charge < -0.3 is 10.1 Å². The molecule has 0 saturated carbocycles. The molecule has 6 nitrogen and oxygen atoms in total. The molecule has 4 rings (SSSR count). The highest BCUT2D eigenvalue weighted by Gasteiger charge is 2.39. The first-order valence-electron chi connectivity index (χ1n) is 10.7. The Morgan fingerprint density at radius 3 is 2.26 bits per heavy atom. The molecule has 1 amide bonds. The van der Waals surface area contributed by atoms with E-state index < -0.39 is 61.6 Å². The summed E-state index contributed by atoms with van der Waals surface area (Å²) in [5.41, 5.74) is -4.06. The molecule has 0 saturated heterocycles. The molecule has 3 aromatic carbocycles. The first-order chi connectivity index (χ1) is 17.6. The second-order valence-corrected chi connectivity index (χ2v) is 9.92. The number of benzene rings is 3. The van der Waals surface area contributed by atoms with Crippen molar-refractivity contribution in [2.24, 2.45) is 5.14 Å². The molecule has 14 heteroatoms. The Balaban J connectivity index is 1.84. The van der Waals surface area contributed by atoms with E-state index in [2.05, 4.69) is 5.32 Å². The maximum Gasteiger partial charge on any atom is 0.419 e. The molecule has 1 aliphatic rings. The van der Waals surface area contributed by atoms with Gasteiger partial charge in [0.1, 0.15) is 11.6 Å². The summed E-state index contributed by atoms with van der Waals surface area (Å²) in [7, 11) is -4.20. The highest BCUT2D eigenvalue weighted by atomic mass is 32.2. The molecular formula is C24H17F7N2O4S. The monoisotopic (exact) mass is 562 g/mol. The van der Waals surface area contributed by atoms with Gasteiger partial charge in [-0.25, -0.2) is 17.9 Å². The Hall–Kier alpha value is -3.65. The smallest absolute Gasteiger partial charge is 0.419 e. The van der Waals surface area contributed by atoms with Crippen LogP contribution in [0.5, 0.6) is 5.75 Å². The molecule has 38 heavy (non-hydrogen) atoms. The molecule has 0 bridgehead atoms. The van der Waals surface area contributed by atoms with Gasteiger partial charge >= 0.3 is 12.4 Å². The van der Waals surface area contributed by atoms with Crippen molar-refractivity contribution in [3.8, 4) is 5.75 Å². The molecule has 202 valence electrons. The van der Waals surface area contributed by atoms with E-state index in [1.165, 1.54) is 12.1 Å². The summed E-state index contributed by atoms with van der Waals surface area (Å²) in [6.45, 7) is -0.154. The number of rotatable bonds is 4. The summed E-state index contributed by atoms with van der Waals surface area (Å²) in [6.07, 6.45) is -9.84. The quantitative estimate of drug-likeness (QED) is 0.400. The minimum Gasteiger partial charge on any atom is -0.493 e. The van der Waals surface area contributed by atoms with Crippen LogP contribution in [0.15, 0.2) is 59.5 Å². The van der Waals surface area contributed by atoms with Crippen LogP contribution in [0.4, 0.5) is 36.4 Å². The Labute approximate surface area is 211 Å². The largest absolute Gasteiger partial charge is 0.493 e. The minimum absolute atomic E-state index is 0.0182. The molecule has 1 unspecified atom stereocenters. The summed E-state index contributed by atoms with van der Waals surface area (Å²) in [5, 5.41) is 7.23. The molecule has 0 fully saturated rings. The number of anilines is 1. The van der Waals surface area contributed by atoms with Crippen LogP contribution in [-0.2, 0) is 22.4 Å². The average molecular weight is 562 g/mol. The fourth-order valence-corrected chi connectivity index (χ4v) is 4.72. The number of ether oxygens (including phenoxy) is 1. The maximum absolute atomic E-state index is 15.3. The van der Waals surface area contributed by atoms with Gasteiger partial charge in [-0.05, 0) is 48.4 Å². The van der Waals surface area contributed by atoms with Gasteiger partial charge in [0, 0.05) is 17.2 Å². The predicted molar refractivity (Wildman–Crippen MR) is 121 cm³/mol. The lowest BCUT2D eigenvalue weighted by molar-refractivity contribution is -0.140. The number of carbonyl (C=O) groups is 1. The first-order valence-corrected chi connectivity index (χ1v) is 12.3. The second-order valence-electron chi connectivity index (χ2n) is 8.36. The van der Waals surface area contributed by atoms with Crippen LogP contribution >= 0.6 is 0 Å². The number of fused-ring (bicyclic) bond motifs is 1. The van der Waals surface area contributed by atoms with Gasteiger partial charge in [-0.2, -0.15) is 26.3 Å². The minimum atomic E-state index is -5.17. The van der Waals surface area contributed by atoms with Crippen molar-refractivity contribution in [1.29, 1.82) is 0 Å². The molecular weight excluding hydrogens is 545 g/mol. The highest BCUT2D eigenvalue weighted by molar-refractivity contribution is 7.89. The number of carbonyl (C=O) groups excluding carboxylic acids is 1. The number of alkyl halides is 6. The fraction of sp³-hybridized carbons (Fsp3) is 0.208. The zero-order valence-electron chi connectivity index (χ0n) is 19.0. The second kappa shape index (κ2) is 9.58. The van der Waals surface area contributed by atoms with Crippen molar-refractivity contribution >= 4 is 21.6 Å². The Bertz CT molecular complexity index is 1520. The van der Waals surface area contributed by atoms with Gasteiger partial charge in [-0.3, -0.25) is 4.79 Å². The van der Waals surface area contributed by atoms with E-state index in [-0.39, 0.29) is 35.6 Å². The number of sulfonamides is 1. The number of hydrogen-bond acceptors (Lipinski definition) is 4. The summed E-state index contributed by atoms with van der Waals surface area (Å²) >= 11 is 0. The number of primary sulfonamides is 1. The summed E-state index contributed by atoms with van der Waals surface area (Å²) < 4.78 is 124. The van der Waals surface area contributed by atoms with Gasteiger partial charge in [0.25, 0.3) is 5.91 Å². The molecule has 0 radical (unpaired) electrons. The van der Waals surface area contributed by atoms with Crippen molar-refractivity contribution in [1.82, 2.24) is 0 Å². The molecule has 0 aromatic heterocycles. The number of hydrogen-bond donors (Lipinski definition) is 2. The van der Waals surface area contributed by atoms with Crippen LogP contribution in [-0.4, -0.2) is 20.9 Å². The number of halogens is 7. The molecule has 1 heterocycles. The SMILES string of the molecule is NS(=O)(=O)c1cccc(NC(=O)c2c(C3CCOc4cc(C(F)(F)F)ccc43)ccc(C(F)(F)F)c2F)c1. The van der Waals surface area contributed by atoms with Crippen LogP contribution in [0.25, 0.3) is 0 Å². The van der Waals surface area contributed by atoms with Crippen LogP contribution in [0.1, 0.15) is 45.0 Å². The lowest BCUT2D eigenvalue weighted by atomic mass is 9.82. The van der Waals surface area contributed by atoms with Crippen molar-refractivity contribution in [3.05, 3.63) is 88.2 Å². The lowest BCUT2D eigenvalue weighted by Gasteiger charge is -2.29. The van der Waals surface area contributed by atoms with Gasteiger partial charge in [0.2, 0.25) is 10.0 Å². The summed E-state index contributed by atoms with van der Waals surface area (Å²) in [4.78, 5) is 12.7. The Kier molecular flexibility index (Phi) is 6.91. The van der Waals surface area contributed by atoms with E-state index in [0.717, 1.165) is 36.4 Å². The number of amides is 1. The standard InChI is InChI=1S/C24H17F7N2O4S/c25-21-18(24(29,30)31)7-6-17(15-8-9-37-19-10-12(23(26,27)28)4-5-16(15)19)20(21)22(34)33-13-2-1-3-14(11-13)38(32,35)36/h1-7,10-11,15H,8-9H2,(H,33,34)(H2,32,35,36). The molecule has 3 N–H and O–H groups in total. The van der Waals surface area contributed by atoms with Crippen LogP contribution in [0, 0.1) is 5.82 Å². The molecule has 1 atom stereocenters. The highest BCUT2D eigenvalue weighted by Crippen LogP contribution is 2.44. The topological polar surface area (TPSA) is 98.5 Å². The van der Waals surface area contributed by atoms with Gasteiger partial charge in [0.15, 0.2) is 0 Å². The third-order valence-electron chi connectivity index (χ3n) is 5.88. The van der Waals surface area contributed by atoms with E-state index in [9.17, 15) is 39.6 Å². The van der Waals surface area contributed by atoms with Crippen molar-refractivity contribution < 1.29 is 48.7 Å². The van der Waals surface area contributed by atoms with Gasteiger partial charge in [-0.1, -0.05) is 18.2 Å². The zero-order valence-corrected chi connectivity index (χ0v) is 19.8. The summed E-state index contributed by atoms with van der Waals surface area (Å²) in [5.74, 6) is -4.43. The van der Waals surface area contributed by atoms with Gasteiger partial charge in [-0.15, -0.1) is 0 Å². The molecule has 1 aliphatic heterocycles. The third-order valence-corrected chi connectivity index (χ3v) is 6.79. The normalized spacial score (nSPS) is 15.9. The molecule has 3 aromatic rings. The summed E-state index contributed by atoms with van der Waals surface area (Å²) in [6, 6.07) is 8.32. The van der Waals surface area contributed by atoms with Gasteiger partial charge in [0.05, 0.1) is 28.2 Å². The first kappa shape index (κ1) is 27.4. The zero-order chi connectivity index (χ0) is 28.0. The van der Waals surface area contributed by atoms with Crippen molar-refractivity contribution in [2.45, 2.75) is 29.6 Å². The van der Waals surface area contributed by atoms with E-state index in [1.807, 2.05) is 0 Å². The van der Waals surface area contributed by atoms with E-state index in [1.54, 1.807) is 0 Å². The average Bonchev–Trinajstić information content (AvgIpc) is 2.81. The maximum atomic E-state index is 15.3. The fourth-order valence-electron chi connectivity index (χ4n) is 4.16. The predicted octanol–water partition coefficient (Wildman–Crippen LogP) is 5.68. The Morgan fingerprint density at radius 1 is 0.947 bits per heavy atom. The van der Waals surface area contributed by atoms with Crippen LogP contribution in [0.3, 0.4) is 0 Å². The van der Waals surface area contributed by atoms with E-state index in [0.29, 0.717) is 6.07 Å². The van der Waals surface area contributed by atoms with Crippen molar-refractivity contribution in [2.75, 3.05) is 11.9 Å². The third kappa shape index (κ3) is 5.45.